The third kappa shape index (κ3) is 4.62. The molecule has 0 aliphatic carbocycles. The lowest BCUT2D eigenvalue weighted by atomic mass is 9.99. The molecule has 1 aliphatic heterocycles. The summed E-state index contributed by atoms with van der Waals surface area (Å²) in [5.74, 6) is -0.781. The molecule has 0 aromatic heterocycles. The van der Waals surface area contributed by atoms with Gasteiger partial charge in [-0.25, -0.2) is 17.5 Å². The first-order chi connectivity index (χ1) is 9.88. The fraction of sp³-hybridized carbons (Fsp3) is 0.538. The van der Waals surface area contributed by atoms with Gasteiger partial charge >= 0.3 is 0 Å². The Morgan fingerprint density at radius 1 is 1.50 bits per heavy atom. The molecule has 1 unspecified atom stereocenters. The third-order valence-corrected chi connectivity index (χ3v) is 5.46. The minimum Gasteiger partial charge on any atom is -0.383 e. The van der Waals surface area contributed by atoms with Crippen LogP contribution in [0.3, 0.4) is 0 Å². The SMILES string of the molecule is COCC1(CNS(=O)(=O)c2ccc(Br)cc2F)CCCN1.Cl. The van der Waals surface area contributed by atoms with E-state index in [0.29, 0.717) is 11.1 Å². The zero-order valence-corrected chi connectivity index (χ0v) is 15.3. The number of sulfonamides is 1. The van der Waals surface area contributed by atoms with Gasteiger partial charge in [-0.2, -0.15) is 0 Å². The molecule has 5 nitrogen and oxygen atoms in total. The molecular formula is C13H19BrClFN2O3S. The maximum Gasteiger partial charge on any atom is 0.243 e. The summed E-state index contributed by atoms with van der Waals surface area (Å²) < 4.78 is 46.4. The van der Waals surface area contributed by atoms with Gasteiger partial charge in [0, 0.05) is 18.1 Å². The molecule has 2 rings (SSSR count). The second-order valence-electron chi connectivity index (χ2n) is 5.14. The van der Waals surface area contributed by atoms with E-state index >= 15 is 0 Å². The zero-order chi connectivity index (χ0) is 15.5. The van der Waals surface area contributed by atoms with Gasteiger partial charge in [0.1, 0.15) is 10.7 Å². The quantitative estimate of drug-likeness (QED) is 0.743. The van der Waals surface area contributed by atoms with Crippen molar-refractivity contribution in [3.05, 3.63) is 28.5 Å². The van der Waals surface area contributed by atoms with Crippen LogP contribution < -0.4 is 10.0 Å². The van der Waals surface area contributed by atoms with Gasteiger partial charge in [-0.3, -0.25) is 0 Å². The summed E-state index contributed by atoms with van der Waals surface area (Å²) in [6, 6.07) is 3.87. The monoisotopic (exact) mass is 416 g/mol. The molecule has 1 fully saturated rings. The van der Waals surface area contributed by atoms with Gasteiger partial charge in [-0.15, -0.1) is 12.4 Å². The number of nitrogens with one attached hydrogen (secondary N) is 2. The van der Waals surface area contributed by atoms with Crippen molar-refractivity contribution in [2.45, 2.75) is 23.3 Å². The molecule has 1 aliphatic rings. The van der Waals surface area contributed by atoms with Crippen molar-refractivity contribution in [3.8, 4) is 0 Å². The van der Waals surface area contributed by atoms with E-state index in [1.807, 2.05) is 0 Å². The standard InChI is InChI=1S/C13H18BrFN2O3S.ClH/c1-20-9-13(5-2-6-16-13)8-17-21(18,19)12-4-3-10(14)7-11(12)15;/h3-4,7,16-17H,2,5-6,8-9H2,1H3;1H. The third-order valence-electron chi connectivity index (χ3n) is 3.54. The highest BCUT2D eigenvalue weighted by atomic mass is 79.9. The summed E-state index contributed by atoms with van der Waals surface area (Å²) in [6.45, 7) is 1.38. The molecule has 1 saturated heterocycles. The van der Waals surface area contributed by atoms with Crippen molar-refractivity contribution < 1.29 is 17.5 Å². The predicted octanol–water partition coefficient (Wildman–Crippen LogP) is 2.06. The number of ether oxygens (including phenoxy) is 1. The number of halogens is 3. The molecule has 126 valence electrons. The van der Waals surface area contributed by atoms with E-state index in [1.165, 1.54) is 12.1 Å². The van der Waals surface area contributed by atoms with E-state index in [1.54, 1.807) is 7.11 Å². The molecule has 0 radical (unpaired) electrons. The van der Waals surface area contributed by atoms with Crippen LogP contribution in [0.4, 0.5) is 4.39 Å². The molecule has 1 heterocycles. The normalized spacial score (nSPS) is 21.6. The topological polar surface area (TPSA) is 67.4 Å². The molecule has 22 heavy (non-hydrogen) atoms. The lowest BCUT2D eigenvalue weighted by Gasteiger charge is -2.28. The number of benzene rings is 1. The van der Waals surface area contributed by atoms with Gasteiger partial charge in [0.15, 0.2) is 0 Å². The summed E-state index contributed by atoms with van der Waals surface area (Å²) in [6.07, 6.45) is 1.77. The minimum absolute atomic E-state index is 0. The van der Waals surface area contributed by atoms with E-state index < -0.39 is 21.4 Å². The Kier molecular flexibility index (Phi) is 7.22. The number of hydrogen-bond donors (Lipinski definition) is 2. The minimum atomic E-state index is -3.89. The van der Waals surface area contributed by atoms with Crippen LogP contribution in [0.25, 0.3) is 0 Å². The van der Waals surface area contributed by atoms with E-state index in [-0.39, 0.29) is 23.8 Å². The van der Waals surface area contributed by atoms with Crippen molar-refractivity contribution in [3.63, 3.8) is 0 Å². The Hall–Kier alpha value is -0.250. The highest BCUT2D eigenvalue weighted by Crippen LogP contribution is 2.22. The lowest BCUT2D eigenvalue weighted by Crippen LogP contribution is -2.52. The Morgan fingerprint density at radius 3 is 2.77 bits per heavy atom. The molecule has 0 saturated carbocycles. The maximum atomic E-state index is 13.8. The molecule has 9 heteroatoms. The second-order valence-corrected chi connectivity index (χ2v) is 7.79. The van der Waals surface area contributed by atoms with E-state index in [9.17, 15) is 12.8 Å². The smallest absolute Gasteiger partial charge is 0.243 e. The van der Waals surface area contributed by atoms with Gasteiger partial charge < -0.3 is 10.1 Å². The van der Waals surface area contributed by atoms with Gasteiger partial charge in [0.2, 0.25) is 10.0 Å². The first-order valence-electron chi connectivity index (χ1n) is 6.57. The zero-order valence-electron chi connectivity index (χ0n) is 12.1. The van der Waals surface area contributed by atoms with Crippen LogP contribution in [0.5, 0.6) is 0 Å². The molecule has 1 aromatic carbocycles. The molecular weight excluding hydrogens is 399 g/mol. The summed E-state index contributed by atoms with van der Waals surface area (Å²) in [4.78, 5) is -0.351. The van der Waals surface area contributed by atoms with Crippen LogP contribution >= 0.6 is 28.3 Å². The number of rotatable bonds is 6. The number of hydrogen-bond acceptors (Lipinski definition) is 4. The first kappa shape index (κ1) is 19.8. The van der Waals surface area contributed by atoms with Gasteiger partial charge in [-0.05, 0) is 37.6 Å². The molecule has 1 aromatic rings. The van der Waals surface area contributed by atoms with Crippen molar-refractivity contribution in [1.29, 1.82) is 0 Å². The summed E-state index contributed by atoms with van der Waals surface area (Å²) >= 11 is 3.10. The van der Waals surface area contributed by atoms with Crippen LogP contribution in [0, 0.1) is 5.82 Å². The average molecular weight is 418 g/mol. The second kappa shape index (κ2) is 8.03. The Bertz CT molecular complexity index is 609. The van der Waals surface area contributed by atoms with E-state index in [2.05, 4.69) is 26.0 Å². The van der Waals surface area contributed by atoms with E-state index in [4.69, 9.17) is 4.74 Å². The van der Waals surface area contributed by atoms with Gasteiger partial charge in [0.05, 0.1) is 12.1 Å². The predicted molar refractivity (Wildman–Crippen MR) is 88.4 cm³/mol. The number of methoxy groups -OCH3 is 1. The maximum absolute atomic E-state index is 13.8. The van der Waals surface area contributed by atoms with Crippen LogP contribution in [-0.2, 0) is 14.8 Å². The van der Waals surface area contributed by atoms with Gasteiger partial charge in [-0.1, -0.05) is 15.9 Å². The highest BCUT2D eigenvalue weighted by Gasteiger charge is 2.35. The van der Waals surface area contributed by atoms with Crippen molar-refractivity contribution in [2.24, 2.45) is 0 Å². The molecule has 0 spiro atoms. The van der Waals surface area contributed by atoms with Crippen LogP contribution in [-0.4, -0.2) is 40.8 Å². The molecule has 1 atom stereocenters. The lowest BCUT2D eigenvalue weighted by molar-refractivity contribution is 0.122. The van der Waals surface area contributed by atoms with Crippen LogP contribution in [0.2, 0.25) is 0 Å². The Labute approximate surface area is 144 Å². The Balaban J connectivity index is 0.00000242. The summed E-state index contributed by atoms with van der Waals surface area (Å²) in [5.41, 5.74) is -0.423. The fourth-order valence-electron chi connectivity index (χ4n) is 2.47. The Morgan fingerprint density at radius 2 is 2.23 bits per heavy atom. The molecule has 2 N–H and O–H groups in total. The van der Waals surface area contributed by atoms with Crippen LogP contribution in [0.15, 0.2) is 27.6 Å². The first-order valence-corrected chi connectivity index (χ1v) is 8.85. The van der Waals surface area contributed by atoms with Crippen molar-refractivity contribution in [2.75, 3.05) is 26.8 Å². The highest BCUT2D eigenvalue weighted by molar-refractivity contribution is 9.10. The molecule has 0 bridgehead atoms. The van der Waals surface area contributed by atoms with E-state index in [0.717, 1.165) is 25.5 Å². The van der Waals surface area contributed by atoms with Gasteiger partial charge in [0.25, 0.3) is 0 Å². The summed E-state index contributed by atoms with van der Waals surface area (Å²) in [5, 5.41) is 3.27. The van der Waals surface area contributed by atoms with Crippen molar-refractivity contribution >= 4 is 38.4 Å². The largest absolute Gasteiger partial charge is 0.383 e. The fourth-order valence-corrected chi connectivity index (χ4v) is 3.99. The summed E-state index contributed by atoms with van der Waals surface area (Å²) in [7, 11) is -2.32. The average Bonchev–Trinajstić information content (AvgIpc) is 2.86. The van der Waals surface area contributed by atoms with Crippen molar-refractivity contribution in [1.82, 2.24) is 10.0 Å². The van der Waals surface area contributed by atoms with Crippen LogP contribution in [0.1, 0.15) is 12.8 Å². The molecule has 0 amide bonds.